The van der Waals surface area contributed by atoms with E-state index in [1.165, 1.54) is 37.6 Å². The minimum Gasteiger partial charge on any atom is -0.504 e. The number of rotatable bonds is 13. The maximum Gasteiger partial charge on any atom is 0.573 e. The highest BCUT2D eigenvalue weighted by Crippen LogP contribution is 2.49. The van der Waals surface area contributed by atoms with Gasteiger partial charge in [0, 0.05) is 25.3 Å². The second kappa shape index (κ2) is 14.5. The fourth-order valence-corrected chi connectivity index (χ4v) is 5.84. The predicted molar refractivity (Wildman–Crippen MR) is 166 cm³/mol. The molecule has 0 radical (unpaired) electrons. The molecular weight excluding hydrogens is 683 g/mol. The Bertz CT molecular complexity index is 1830. The summed E-state index contributed by atoms with van der Waals surface area (Å²) in [5.41, 5.74) is 0.317. The average molecular weight is 718 g/mol. The maximum absolute atomic E-state index is 13.6. The van der Waals surface area contributed by atoms with Crippen molar-refractivity contribution in [3.8, 4) is 17.2 Å². The number of carbonyl (C=O) groups is 2. The molecule has 0 spiro atoms. The van der Waals surface area contributed by atoms with Crippen molar-refractivity contribution >= 4 is 37.7 Å². The number of benzene rings is 2. The SMILES string of the molecule is COc1cc2c(cc1O)C=C(C(=O)OCCS(C)(=O)=O)C(C(=O)OCCS(C)(=O)=O)=CN(Cc1cccc(OC(F)(F)F)c1)C2C1CC1. The van der Waals surface area contributed by atoms with E-state index in [1.807, 2.05) is 0 Å². The lowest BCUT2D eigenvalue weighted by Crippen LogP contribution is -2.30. The van der Waals surface area contributed by atoms with Crippen LogP contribution in [0.3, 0.4) is 0 Å². The first-order valence-electron chi connectivity index (χ1n) is 14.5. The van der Waals surface area contributed by atoms with Crippen LogP contribution in [0, 0.1) is 5.92 Å². The van der Waals surface area contributed by atoms with Crippen LogP contribution in [0.15, 0.2) is 53.7 Å². The summed E-state index contributed by atoms with van der Waals surface area (Å²) in [6, 6.07) is 7.48. The smallest absolute Gasteiger partial charge is 0.504 e. The predicted octanol–water partition coefficient (Wildman–Crippen LogP) is 3.71. The lowest BCUT2D eigenvalue weighted by atomic mass is 9.90. The summed E-state index contributed by atoms with van der Waals surface area (Å²) in [5.74, 6) is -4.04. The van der Waals surface area contributed by atoms with E-state index in [0.717, 1.165) is 31.4 Å². The van der Waals surface area contributed by atoms with Gasteiger partial charge < -0.3 is 29.0 Å². The molecule has 1 atom stereocenters. The molecule has 1 aliphatic heterocycles. The van der Waals surface area contributed by atoms with Crippen LogP contribution in [0.5, 0.6) is 17.2 Å². The molecule has 262 valence electrons. The number of nitrogens with zero attached hydrogens (tertiary/aromatic N) is 1. The standard InChI is InChI=1S/C31H34F3NO11S2/c1-43-27-16-23-21(15-26(27)36)14-24(29(37)44-9-11-47(2,39)40)25(30(38)45-10-12-48(3,41)42)18-35(28(23)20-7-8-20)17-19-5-4-6-22(13-19)46-31(32,33)34/h4-6,13-16,18,20,28,36H,7-12,17H2,1-3H3. The lowest BCUT2D eigenvalue weighted by Gasteiger charge is -2.35. The molecule has 2 aliphatic rings. The van der Waals surface area contributed by atoms with Gasteiger partial charge in [-0.15, -0.1) is 13.2 Å². The Morgan fingerprint density at radius 1 is 0.938 bits per heavy atom. The minimum atomic E-state index is -4.95. The quantitative estimate of drug-likeness (QED) is 0.300. The number of aromatic hydroxyl groups is 1. The third-order valence-electron chi connectivity index (χ3n) is 7.33. The second-order valence-electron chi connectivity index (χ2n) is 11.4. The van der Waals surface area contributed by atoms with Crippen molar-refractivity contribution in [2.45, 2.75) is 31.8 Å². The molecule has 0 aromatic heterocycles. The third kappa shape index (κ3) is 10.4. The largest absolute Gasteiger partial charge is 0.573 e. The second-order valence-corrected chi connectivity index (χ2v) is 16.0. The van der Waals surface area contributed by atoms with E-state index >= 15 is 0 Å². The van der Waals surface area contributed by atoms with Gasteiger partial charge in [-0.1, -0.05) is 12.1 Å². The van der Waals surface area contributed by atoms with Crippen LogP contribution < -0.4 is 9.47 Å². The number of methoxy groups -OCH3 is 1. The highest BCUT2D eigenvalue weighted by molar-refractivity contribution is 7.90. The number of hydrogen-bond donors (Lipinski definition) is 1. The van der Waals surface area contributed by atoms with E-state index in [-0.39, 0.29) is 29.5 Å². The summed E-state index contributed by atoms with van der Waals surface area (Å²) in [7, 11) is -5.76. The first-order valence-corrected chi connectivity index (χ1v) is 18.6. The minimum absolute atomic E-state index is 0.0389. The third-order valence-corrected chi connectivity index (χ3v) is 9.14. The topological polar surface area (TPSA) is 163 Å². The summed E-state index contributed by atoms with van der Waals surface area (Å²) in [4.78, 5) is 28.8. The average Bonchev–Trinajstić information content (AvgIpc) is 3.78. The van der Waals surface area contributed by atoms with Crippen molar-refractivity contribution in [1.82, 2.24) is 4.90 Å². The molecule has 48 heavy (non-hydrogen) atoms. The maximum atomic E-state index is 13.6. The summed E-state index contributed by atoms with van der Waals surface area (Å²) >= 11 is 0. The van der Waals surface area contributed by atoms with E-state index in [9.17, 15) is 44.7 Å². The van der Waals surface area contributed by atoms with E-state index in [1.54, 1.807) is 17.0 Å². The molecular formula is C31H34F3NO11S2. The van der Waals surface area contributed by atoms with Gasteiger partial charge in [0.2, 0.25) is 0 Å². The van der Waals surface area contributed by atoms with Gasteiger partial charge in [0.25, 0.3) is 0 Å². The number of alkyl halides is 3. The van der Waals surface area contributed by atoms with Crippen LogP contribution in [0.2, 0.25) is 0 Å². The van der Waals surface area contributed by atoms with E-state index < -0.39 is 85.6 Å². The zero-order valence-electron chi connectivity index (χ0n) is 26.2. The number of halogens is 3. The van der Waals surface area contributed by atoms with Crippen molar-refractivity contribution in [2.24, 2.45) is 5.92 Å². The molecule has 1 unspecified atom stereocenters. The van der Waals surface area contributed by atoms with Gasteiger partial charge in [0.1, 0.15) is 19.0 Å². The number of carbonyl (C=O) groups excluding carboxylic acids is 2. The molecule has 1 N–H and O–H groups in total. The fraction of sp³-hybridized carbons (Fsp3) is 0.419. The molecule has 1 aliphatic carbocycles. The molecule has 12 nitrogen and oxygen atoms in total. The number of ether oxygens (including phenoxy) is 4. The summed E-state index contributed by atoms with van der Waals surface area (Å²) in [5, 5.41) is 10.7. The van der Waals surface area contributed by atoms with Gasteiger partial charge in [-0.05, 0) is 65.8 Å². The Morgan fingerprint density at radius 3 is 2.08 bits per heavy atom. The van der Waals surface area contributed by atoms with Gasteiger partial charge in [0.05, 0.1) is 35.8 Å². The van der Waals surface area contributed by atoms with E-state index in [4.69, 9.17) is 14.2 Å². The van der Waals surface area contributed by atoms with Crippen LogP contribution in [0.25, 0.3) is 6.08 Å². The Kier molecular flexibility index (Phi) is 11.0. The van der Waals surface area contributed by atoms with Crippen LogP contribution >= 0.6 is 0 Å². The molecule has 17 heteroatoms. The summed E-state index contributed by atoms with van der Waals surface area (Å²) in [6.45, 7) is -1.25. The molecule has 1 saturated carbocycles. The van der Waals surface area contributed by atoms with E-state index in [0.29, 0.717) is 11.1 Å². The monoisotopic (exact) mass is 717 g/mol. The number of phenolic OH excluding ortho intramolecular Hbond substituents is 1. The zero-order chi connectivity index (χ0) is 35.4. The van der Waals surface area contributed by atoms with Crippen molar-refractivity contribution in [1.29, 1.82) is 0 Å². The van der Waals surface area contributed by atoms with Gasteiger partial charge in [-0.25, -0.2) is 26.4 Å². The van der Waals surface area contributed by atoms with Crippen molar-refractivity contribution in [3.63, 3.8) is 0 Å². The Morgan fingerprint density at radius 2 is 1.54 bits per heavy atom. The van der Waals surface area contributed by atoms with Crippen molar-refractivity contribution in [3.05, 3.63) is 70.4 Å². The molecule has 0 saturated heterocycles. The van der Waals surface area contributed by atoms with Gasteiger partial charge >= 0.3 is 18.3 Å². The molecule has 1 heterocycles. The number of esters is 2. The number of hydrogen-bond acceptors (Lipinski definition) is 12. The van der Waals surface area contributed by atoms with Crippen LogP contribution in [-0.2, 0) is 45.3 Å². The van der Waals surface area contributed by atoms with Crippen LogP contribution in [0.1, 0.15) is 35.6 Å². The van der Waals surface area contributed by atoms with Gasteiger partial charge in [-0.2, -0.15) is 0 Å². The van der Waals surface area contributed by atoms with Crippen LogP contribution in [0.4, 0.5) is 13.2 Å². The lowest BCUT2D eigenvalue weighted by molar-refractivity contribution is -0.274. The van der Waals surface area contributed by atoms with E-state index in [2.05, 4.69) is 4.74 Å². The number of phenols is 1. The molecule has 4 rings (SSSR count). The van der Waals surface area contributed by atoms with Crippen molar-refractivity contribution in [2.75, 3.05) is 44.3 Å². The Labute approximate surface area is 275 Å². The number of sulfone groups is 2. The normalized spacial score (nSPS) is 16.9. The highest BCUT2D eigenvalue weighted by atomic mass is 32.2. The summed E-state index contributed by atoms with van der Waals surface area (Å²) < 4.78 is 106. The molecule has 0 bridgehead atoms. The molecule has 0 amide bonds. The van der Waals surface area contributed by atoms with Crippen molar-refractivity contribution < 1.29 is 63.6 Å². The molecule has 2 aromatic rings. The first kappa shape index (κ1) is 36.6. The molecule has 2 aromatic carbocycles. The number of fused-ring (bicyclic) bond motifs is 1. The zero-order valence-corrected chi connectivity index (χ0v) is 27.8. The Hall–Kier alpha value is -4.25. The first-order chi connectivity index (χ1) is 22.3. The van der Waals surface area contributed by atoms with Gasteiger partial charge in [0.15, 0.2) is 31.2 Å². The molecule has 1 fully saturated rings. The fourth-order valence-electron chi connectivity index (χ4n) is 5.06. The summed E-state index contributed by atoms with van der Waals surface area (Å²) in [6.07, 6.45) is 0.946. The van der Waals surface area contributed by atoms with Gasteiger partial charge in [-0.3, -0.25) is 0 Å². The Balaban J connectivity index is 1.90. The highest BCUT2D eigenvalue weighted by Gasteiger charge is 2.40. The van der Waals surface area contributed by atoms with Crippen LogP contribution in [-0.4, -0.2) is 89.5 Å².